The molecule has 0 radical (unpaired) electrons. The predicted octanol–water partition coefficient (Wildman–Crippen LogP) is 2.22. The van der Waals surface area contributed by atoms with E-state index < -0.39 is 15.9 Å². The maximum Gasteiger partial charge on any atom is 0.251 e. The number of hydrogen-bond acceptors (Lipinski definition) is 6. The summed E-state index contributed by atoms with van der Waals surface area (Å²) in [5, 5.41) is 16.7. The molecule has 2 heterocycles. The molecule has 0 unspecified atom stereocenters. The van der Waals surface area contributed by atoms with Crippen LogP contribution in [0, 0.1) is 13.8 Å². The van der Waals surface area contributed by atoms with Gasteiger partial charge in [0.1, 0.15) is 0 Å². The number of pyridine rings is 1. The number of hydrogen-bond donors (Lipinski definition) is 2. The number of thioether (sulfide) groups is 1. The van der Waals surface area contributed by atoms with Crippen molar-refractivity contribution in [3.8, 4) is 0 Å². The highest BCUT2D eigenvalue weighted by Crippen LogP contribution is 2.22. The van der Waals surface area contributed by atoms with E-state index in [2.05, 4.69) is 15.5 Å². The number of primary sulfonamides is 1. The summed E-state index contributed by atoms with van der Waals surface area (Å²) in [4.78, 5) is 12.9. The molecule has 3 rings (SSSR count). The number of aryl methyl sites for hydroxylation is 1. The van der Waals surface area contributed by atoms with Crippen molar-refractivity contribution < 1.29 is 13.2 Å². The molecule has 0 aliphatic heterocycles. The number of aromatic nitrogens is 3. The van der Waals surface area contributed by atoms with Gasteiger partial charge in [-0.15, -0.1) is 10.2 Å². The molecule has 3 aromatic rings. The molecule has 1 amide bonds. The fourth-order valence-corrected chi connectivity index (χ4v) is 4.44. The molecular formula is C19H23N5O3S2. The summed E-state index contributed by atoms with van der Waals surface area (Å²) in [6, 6.07) is 8.17. The molecule has 0 saturated heterocycles. The molecule has 3 N–H and O–H groups in total. The molecule has 1 aromatic carbocycles. The van der Waals surface area contributed by atoms with Gasteiger partial charge in [-0.2, -0.15) is 11.8 Å². The molecular weight excluding hydrogens is 410 g/mol. The quantitative estimate of drug-likeness (QED) is 0.590. The summed E-state index contributed by atoms with van der Waals surface area (Å²) in [7, 11) is -3.94. The Bertz CT molecular complexity index is 1160. The van der Waals surface area contributed by atoms with Crippen molar-refractivity contribution in [1.29, 1.82) is 0 Å². The minimum absolute atomic E-state index is 0.0451. The predicted molar refractivity (Wildman–Crippen MR) is 113 cm³/mol. The van der Waals surface area contributed by atoms with Crippen LogP contribution in [0.25, 0.3) is 5.65 Å². The minimum Gasteiger partial charge on any atom is -0.342 e. The van der Waals surface area contributed by atoms with Crippen LogP contribution >= 0.6 is 11.8 Å². The van der Waals surface area contributed by atoms with Crippen LogP contribution in [0.15, 0.2) is 41.4 Å². The maximum atomic E-state index is 13.0. The van der Waals surface area contributed by atoms with Crippen LogP contribution in [0.2, 0.25) is 0 Å². The number of amides is 1. The smallest absolute Gasteiger partial charge is 0.251 e. The number of sulfonamides is 1. The monoisotopic (exact) mass is 433 g/mol. The van der Waals surface area contributed by atoms with Crippen LogP contribution in [-0.4, -0.2) is 40.9 Å². The summed E-state index contributed by atoms with van der Waals surface area (Å²) in [6.07, 6.45) is 4.48. The number of benzene rings is 1. The summed E-state index contributed by atoms with van der Waals surface area (Å²) >= 11 is 1.66. The number of nitrogens with zero attached hydrogens (tertiary/aromatic N) is 3. The van der Waals surface area contributed by atoms with E-state index in [0.29, 0.717) is 29.0 Å². The first-order valence-corrected chi connectivity index (χ1v) is 11.9. The van der Waals surface area contributed by atoms with Gasteiger partial charge >= 0.3 is 0 Å². The molecule has 0 aliphatic carbocycles. The van der Waals surface area contributed by atoms with Gasteiger partial charge in [0, 0.05) is 11.8 Å². The Morgan fingerprint density at radius 3 is 2.72 bits per heavy atom. The molecule has 10 heteroatoms. The van der Waals surface area contributed by atoms with Gasteiger partial charge in [-0.3, -0.25) is 9.20 Å². The van der Waals surface area contributed by atoms with Crippen molar-refractivity contribution >= 4 is 33.3 Å². The number of carbonyl (C=O) groups is 1. The van der Waals surface area contributed by atoms with Gasteiger partial charge in [0.25, 0.3) is 5.91 Å². The van der Waals surface area contributed by atoms with Crippen molar-refractivity contribution in [2.75, 3.05) is 12.0 Å². The molecule has 29 heavy (non-hydrogen) atoms. The van der Waals surface area contributed by atoms with E-state index >= 15 is 0 Å². The van der Waals surface area contributed by atoms with Gasteiger partial charge < -0.3 is 5.32 Å². The number of fused-ring (bicyclic) bond motifs is 1. The molecule has 1 atom stereocenters. The molecule has 2 aromatic heterocycles. The van der Waals surface area contributed by atoms with E-state index in [1.54, 1.807) is 31.7 Å². The highest BCUT2D eigenvalue weighted by atomic mass is 32.2. The molecule has 8 nitrogen and oxygen atoms in total. The van der Waals surface area contributed by atoms with Gasteiger partial charge in [-0.25, -0.2) is 13.6 Å². The summed E-state index contributed by atoms with van der Waals surface area (Å²) < 4.78 is 25.6. The van der Waals surface area contributed by atoms with Crippen LogP contribution < -0.4 is 10.5 Å². The SMILES string of the molecule is CSCC[C@@H](NC(=O)c1cc(C)c(C)c(S(N)(=O)=O)c1)c1nnc2ccccn12. The Kier molecular flexibility index (Phi) is 6.25. The number of nitrogens with two attached hydrogens (primary N) is 1. The van der Waals surface area contributed by atoms with E-state index in [-0.39, 0.29) is 16.5 Å². The molecule has 0 bridgehead atoms. The van der Waals surface area contributed by atoms with Crippen LogP contribution in [0.5, 0.6) is 0 Å². The lowest BCUT2D eigenvalue weighted by Gasteiger charge is -2.18. The Morgan fingerprint density at radius 1 is 1.28 bits per heavy atom. The fraction of sp³-hybridized carbons (Fsp3) is 0.316. The Balaban J connectivity index is 1.96. The first kappa shape index (κ1) is 21.3. The molecule has 154 valence electrons. The van der Waals surface area contributed by atoms with Gasteiger partial charge in [-0.1, -0.05) is 6.07 Å². The maximum absolute atomic E-state index is 13.0. The van der Waals surface area contributed by atoms with Crippen molar-refractivity contribution in [2.45, 2.75) is 31.2 Å². The Labute approximate surface area is 174 Å². The zero-order chi connectivity index (χ0) is 21.2. The van der Waals surface area contributed by atoms with E-state index in [1.807, 2.05) is 35.1 Å². The average Bonchev–Trinajstić information content (AvgIpc) is 3.10. The zero-order valence-electron chi connectivity index (χ0n) is 16.4. The minimum atomic E-state index is -3.94. The van der Waals surface area contributed by atoms with Crippen molar-refractivity contribution in [3.05, 3.63) is 59.0 Å². The van der Waals surface area contributed by atoms with Gasteiger partial charge in [-0.05, 0) is 67.7 Å². The summed E-state index contributed by atoms with van der Waals surface area (Å²) in [6.45, 7) is 3.42. The topological polar surface area (TPSA) is 119 Å². The lowest BCUT2D eigenvalue weighted by atomic mass is 10.1. The van der Waals surface area contributed by atoms with E-state index in [9.17, 15) is 13.2 Å². The molecule has 0 spiro atoms. The largest absolute Gasteiger partial charge is 0.342 e. The van der Waals surface area contributed by atoms with Crippen LogP contribution in [0.4, 0.5) is 0 Å². The Hall–Kier alpha value is -2.43. The number of carbonyl (C=O) groups excluding carboxylic acids is 1. The second-order valence-electron chi connectivity index (χ2n) is 6.76. The molecule has 0 saturated carbocycles. The highest BCUT2D eigenvalue weighted by Gasteiger charge is 2.23. The fourth-order valence-electron chi connectivity index (χ4n) is 3.09. The number of nitrogens with one attached hydrogen (secondary N) is 1. The highest BCUT2D eigenvalue weighted by molar-refractivity contribution is 7.98. The van der Waals surface area contributed by atoms with Gasteiger partial charge in [0.15, 0.2) is 11.5 Å². The summed E-state index contributed by atoms with van der Waals surface area (Å²) in [5.41, 5.74) is 2.13. The Morgan fingerprint density at radius 2 is 2.03 bits per heavy atom. The third-order valence-corrected chi connectivity index (χ3v) is 6.44. The van der Waals surface area contributed by atoms with Crippen LogP contribution in [0.1, 0.15) is 39.8 Å². The second-order valence-corrected chi connectivity index (χ2v) is 9.27. The van der Waals surface area contributed by atoms with Crippen LogP contribution in [-0.2, 0) is 10.0 Å². The zero-order valence-corrected chi connectivity index (χ0v) is 18.0. The van der Waals surface area contributed by atoms with Crippen LogP contribution in [0.3, 0.4) is 0 Å². The lowest BCUT2D eigenvalue weighted by Crippen LogP contribution is -2.31. The lowest BCUT2D eigenvalue weighted by molar-refractivity contribution is 0.0933. The third-order valence-electron chi connectivity index (χ3n) is 4.76. The second kappa shape index (κ2) is 8.52. The van der Waals surface area contributed by atoms with E-state index in [4.69, 9.17) is 5.14 Å². The van der Waals surface area contributed by atoms with E-state index in [0.717, 1.165) is 5.75 Å². The van der Waals surface area contributed by atoms with E-state index in [1.165, 1.54) is 6.07 Å². The third kappa shape index (κ3) is 4.60. The van der Waals surface area contributed by atoms with Gasteiger partial charge in [0.05, 0.1) is 10.9 Å². The molecule has 0 aliphatic rings. The number of rotatable bonds is 7. The van der Waals surface area contributed by atoms with Crippen molar-refractivity contribution in [1.82, 2.24) is 19.9 Å². The first-order chi connectivity index (χ1) is 13.7. The first-order valence-electron chi connectivity index (χ1n) is 8.96. The summed E-state index contributed by atoms with van der Waals surface area (Å²) in [5.74, 6) is 1.04. The normalized spacial score (nSPS) is 12.8. The average molecular weight is 434 g/mol. The van der Waals surface area contributed by atoms with Gasteiger partial charge in [0.2, 0.25) is 10.0 Å². The van der Waals surface area contributed by atoms with Crippen molar-refractivity contribution in [2.24, 2.45) is 5.14 Å². The van der Waals surface area contributed by atoms with Crippen molar-refractivity contribution in [3.63, 3.8) is 0 Å². The molecule has 0 fully saturated rings. The standard InChI is InChI=1S/C19H23N5O3S2/c1-12-10-14(11-16(13(12)2)29(20,26)27)19(25)21-15(7-9-28-3)18-23-22-17-6-4-5-8-24(17)18/h4-6,8,10-11,15H,7,9H2,1-3H3,(H,21,25)(H2,20,26,27)/t15-/m1/s1.